The number of nitrogens with one attached hydrogen (secondary N) is 3. The molecular formula is C18H22N6O3. The topological polar surface area (TPSA) is 135 Å². The van der Waals surface area contributed by atoms with Gasteiger partial charge in [-0.3, -0.25) is 10.2 Å². The molecule has 0 radical (unpaired) electrons. The van der Waals surface area contributed by atoms with E-state index in [1.54, 1.807) is 25.2 Å². The number of anilines is 3. The van der Waals surface area contributed by atoms with Gasteiger partial charge in [0, 0.05) is 25.8 Å². The van der Waals surface area contributed by atoms with Crippen LogP contribution in [0, 0.1) is 11.3 Å². The second-order valence-electron chi connectivity index (χ2n) is 6.14. The Kier molecular flexibility index (Phi) is 5.82. The Hall–Kier alpha value is -3.20. The Balaban J connectivity index is 1.69. The number of carbonyl (C=O) groups excluding carboxylic acids is 1. The third kappa shape index (κ3) is 4.50. The van der Waals surface area contributed by atoms with Gasteiger partial charge in [0.1, 0.15) is 5.69 Å². The molecule has 1 fully saturated rings. The van der Waals surface area contributed by atoms with Gasteiger partial charge in [0.15, 0.2) is 5.69 Å². The number of ether oxygens (including phenoxy) is 2. The summed E-state index contributed by atoms with van der Waals surface area (Å²) in [6.07, 6.45) is 3.89. The van der Waals surface area contributed by atoms with Crippen molar-refractivity contribution in [2.45, 2.75) is 6.42 Å². The van der Waals surface area contributed by atoms with E-state index in [1.165, 1.54) is 12.4 Å². The van der Waals surface area contributed by atoms with E-state index < -0.39 is 5.91 Å². The van der Waals surface area contributed by atoms with Crippen molar-refractivity contribution < 1.29 is 14.3 Å². The number of hydrogen-bond donors (Lipinski definition) is 4. The first kappa shape index (κ1) is 18.6. The fourth-order valence-corrected chi connectivity index (χ4v) is 2.69. The maximum absolute atomic E-state index is 12.3. The van der Waals surface area contributed by atoms with Crippen molar-refractivity contribution in [3.05, 3.63) is 42.0 Å². The minimum Gasteiger partial charge on any atom is -0.476 e. The maximum atomic E-state index is 12.3. The van der Waals surface area contributed by atoms with Crippen molar-refractivity contribution in [3.8, 4) is 0 Å². The molecule has 1 unspecified atom stereocenters. The Morgan fingerprint density at radius 1 is 1.44 bits per heavy atom. The van der Waals surface area contributed by atoms with E-state index in [1.807, 2.05) is 0 Å². The van der Waals surface area contributed by atoms with Gasteiger partial charge in [-0.15, -0.1) is 0 Å². The van der Waals surface area contributed by atoms with E-state index >= 15 is 0 Å². The number of amides is 1. The Labute approximate surface area is 156 Å². The predicted molar refractivity (Wildman–Crippen MR) is 102 cm³/mol. The summed E-state index contributed by atoms with van der Waals surface area (Å²) in [5, 5.41) is 13.8. The molecular weight excluding hydrogens is 348 g/mol. The van der Waals surface area contributed by atoms with E-state index in [0.29, 0.717) is 41.9 Å². The van der Waals surface area contributed by atoms with Crippen LogP contribution in [0.25, 0.3) is 0 Å². The molecule has 1 amide bonds. The summed E-state index contributed by atoms with van der Waals surface area (Å²) in [5.41, 5.74) is 7.59. The van der Waals surface area contributed by atoms with Crippen molar-refractivity contribution >= 4 is 28.9 Å². The first-order chi connectivity index (χ1) is 13.1. The molecule has 2 aromatic heterocycles. The standard InChI is InChI=1S/C18H22N6O3/c1-21-14-7-12(24-18(25)15-13(19)3-2-5-22-15)8-23-16(14)17(20)27-10-11-4-6-26-9-11/h2-3,5,7-8,11,20-21H,4,6,9-10,19H2,1H3,(H,24,25). The highest BCUT2D eigenvalue weighted by Crippen LogP contribution is 2.21. The number of rotatable bonds is 6. The summed E-state index contributed by atoms with van der Waals surface area (Å²) in [6.45, 7) is 1.80. The lowest BCUT2D eigenvalue weighted by atomic mass is 10.1. The van der Waals surface area contributed by atoms with Gasteiger partial charge in [-0.25, -0.2) is 9.97 Å². The normalized spacial score (nSPS) is 16.0. The molecule has 0 saturated carbocycles. The largest absolute Gasteiger partial charge is 0.476 e. The van der Waals surface area contributed by atoms with E-state index in [4.69, 9.17) is 20.6 Å². The van der Waals surface area contributed by atoms with Gasteiger partial charge in [0.2, 0.25) is 5.90 Å². The van der Waals surface area contributed by atoms with Gasteiger partial charge in [-0.2, -0.15) is 0 Å². The zero-order valence-electron chi connectivity index (χ0n) is 15.0. The van der Waals surface area contributed by atoms with Crippen molar-refractivity contribution in [2.75, 3.05) is 43.2 Å². The molecule has 9 nitrogen and oxygen atoms in total. The van der Waals surface area contributed by atoms with Crippen LogP contribution in [0.2, 0.25) is 0 Å². The van der Waals surface area contributed by atoms with Gasteiger partial charge in [0.05, 0.1) is 36.5 Å². The monoisotopic (exact) mass is 370 g/mol. The highest BCUT2D eigenvalue weighted by molar-refractivity contribution is 6.06. The average molecular weight is 370 g/mol. The third-order valence-corrected chi connectivity index (χ3v) is 4.17. The quantitative estimate of drug-likeness (QED) is 0.449. The summed E-state index contributed by atoms with van der Waals surface area (Å²) in [7, 11) is 1.71. The van der Waals surface area contributed by atoms with E-state index in [-0.39, 0.29) is 11.6 Å². The van der Waals surface area contributed by atoms with Crippen LogP contribution in [-0.4, -0.2) is 48.6 Å². The minimum absolute atomic E-state index is 0.0295. The minimum atomic E-state index is -0.433. The maximum Gasteiger partial charge on any atom is 0.276 e. The summed E-state index contributed by atoms with van der Waals surface area (Å²) in [6, 6.07) is 4.94. The van der Waals surface area contributed by atoms with Gasteiger partial charge in [0.25, 0.3) is 5.91 Å². The fourth-order valence-electron chi connectivity index (χ4n) is 2.69. The van der Waals surface area contributed by atoms with Crippen LogP contribution >= 0.6 is 0 Å². The van der Waals surface area contributed by atoms with Crippen LogP contribution < -0.4 is 16.4 Å². The Morgan fingerprint density at radius 3 is 3.00 bits per heavy atom. The summed E-state index contributed by atoms with van der Waals surface area (Å²) >= 11 is 0. The van der Waals surface area contributed by atoms with Crippen molar-refractivity contribution in [1.29, 1.82) is 5.41 Å². The summed E-state index contributed by atoms with van der Waals surface area (Å²) in [5.74, 6) is -0.166. The summed E-state index contributed by atoms with van der Waals surface area (Å²) in [4.78, 5) is 20.6. The second-order valence-corrected chi connectivity index (χ2v) is 6.14. The molecule has 5 N–H and O–H groups in total. The molecule has 2 aromatic rings. The fraction of sp³-hybridized carbons (Fsp3) is 0.333. The van der Waals surface area contributed by atoms with Gasteiger partial charge >= 0.3 is 0 Å². The predicted octanol–water partition coefficient (Wildman–Crippen LogP) is 1.73. The van der Waals surface area contributed by atoms with Crippen LogP contribution in [0.3, 0.4) is 0 Å². The second kappa shape index (κ2) is 8.45. The van der Waals surface area contributed by atoms with Crippen molar-refractivity contribution in [2.24, 2.45) is 5.92 Å². The molecule has 1 atom stereocenters. The molecule has 1 aliphatic heterocycles. The van der Waals surface area contributed by atoms with E-state index in [9.17, 15) is 4.79 Å². The zero-order chi connectivity index (χ0) is 19.2. The molecule has 0 spiro atoms. The smallest absolute Gasteiger partial charge is 0.276 e. The molecule has 9 heteroatoms. The lowest BCUT2D eigenvalue weighted by Crippen LogP contribution is -2.18. The van der Waals surface area contributed by atoms with Crippen molar-refractivity contribution in [1.82, 2.24) is 9.97 Å². The Bertz CT molecular complexity index is 836. The number of hydrogen-bond acceptors (Lipinski definition) is 8. The van der Waals surface area contributed by atoms with Gasteiger partial charge in [-0.1, -0.05) is 0 Å². The number of nitrogens with two attached hydrogens (primary N) is 1. The third-order valence-electron chi connectivity index (χ3n) is 4.17. The molecule has 0 bridgehead atoms. The van der Waals surface area contributed by atoms with E-state index in [2.05, 4.69) is 20.6 Å². The molecule has 27 heavy (non-hydrogen) atoms. The van der Waals surface area contributed by atoms with Gasteiger partial charge in [-0.05, 0) is 24.6 Å². The number of nitrogen functional groups attached to an aromatic ring is 1. The molecule has 3 rings (SSSR count). The van der Waals surface area contributed by atoms with Gasteiger partial charge < -0.3 is 25.8 Å². The van der Waals surface area contributed by atoms with Crippen LogP contribution in [-0.2, 0) is 9.47 Å². The first-order valence-electron chi connectivity index (χ1n) is 8.57. The average Bonchev–Trinajstić information content (AvgIpc) is 3.20. The van der Waals surface area contributed by atoms with Crippen molar-refractivity contribution in [3.63, 3.8) is 0 Å². The number of nitrogens with zero attached hydrogens (tertiary/aromatic N) is 2. The summed E-state index contributed by atoms with van der Waals surface area (Å²) < 4.78 is 10.9. The highest BCUT2D eigenvalue weighted by atomic mass is 16.5. The first-order valence-corrected chi connectivity index (χ1v) is 8.57. The SMILES string of the molecule is CNc1cc(NC(=O)c2ncccc2N)cnc1C(=N)OCC1CCOC1. The van der Waals surface area contributed by atoms with Crippen LogP contribution in [0.4, 0.5) is 17.1 Å². The Morgan fingerprint density at radius 2 is 2.30 bits per heavy atom. The lowest BCUT2D eigenvalue weighted by molar-refractivity contribution is 0.102. The molecule has 1 saturated heterocycles. The van der Waals surface area contributed by atoms with Crippen LogP contribution in [0.15, 0.2) is 30.6 Å². The van der Waals surface area contributed by atoms with Crippen LogP contribution in [0.1, 0.15) is 22.6 Å². The molecule has 0 aliphatic carbocycles. The zero-order valence-corrected chi connectivity index (χ0v) is 15.0. The van der Waals surface area contributed by atoms with Crippen LogP contribution in [0.5, 0.6) is 0 Å². The van der Waals surface area contributed by atoms with E-state index in [0.717, 1.165) is 13.0 Å². The molecule has 142 valence electrons. The number of pyridine rings is 2. The lowest BCUT2D eigenvalue weighted by Gasteiger charge is -2.14. The molecule has 3 heterocycles. The number of carbonyl (C=O) groups is 1. The highest BCUT2D eigenvalue weighted by Gasteiger charge is 2.19. The molecule has 1 aliphatic rings. The molecule has 0 aromatic carbocycles. The number of aromatic nitrogens is 2.